The number of rotatable bonds is 3. The van der Waals surface area contributed by atoms with Gasteiger partial charge in [0.15, 0.2) is 5.82 Å². The summed E-state index contributed by atoms with van der Waals surface area (Å²) >= 11 is 0. The Hall–Kier alpha value is -0.940. The summed E-state index contributed by atoms with van der Waals surface area (Å²) in [6, 6.07) is 0. The van der Waals surface area contributed by atoms with Crippen molar-refractivity contribution >= 4 is 0 Å². The van der Waals surface area contributed by atoms with Gasteiger partial charge in [-0.2, -0.15) is 4.98 Å². The number of aryl methyl sites for hydroxylation is 1. The molecule has 2 aliphatic heterocycles. The molecular weight excluding hydrogens is 204 g/mol. The Labute approximate surface area is 95.2 Å². The summed E-state index contributed by atoms with van der Waals surface area (Å²) in [7, 11) is 0. The second-order valence-electron chi connectivity index (χ2n) is 4.83. The van der Waals surface area contributed by atoms with Crippen molar-refractivity contribution in [2.45, 2.75) is 19.9 Å². The van der Waals surface area contributed by atoms with Gasteiger partial charge in [0, 0.05) is 19.5 Å². The van der Waals surface area contributed by atoms with Crippen LogP contribution in [0, 0.1) is 11.8 Å². The molecule has 0 spiro atoms. The fourth-order valence-electron chi connectivity index (χ4n) is 2.77. The van der Waals surface area contributed by atoms with Gasteiger partial charge >= 0.3 is 0 Å². The molecule has 2 atom stereocenters. The van der Waals surface area contributed by atoms with Crippen LogP contribution in [-0.2, 0) is 13.0 Å². The van der Waals surface area contributed by atoms with E-state index in [2.05, 4.69) is 20.4 Å². The molecule has 5 heteroatoms. The van der Waals surface area contributed by atoms with Gasteiger partial charge < -0.3 is 9.84 Å². The van der Waals surface area contributed by atoms with Gasteiger partial charge in [0.25, 0.3) is 0 Å². The highest BCUT2D eigenvalue weighted by molar-refractivity contribution is 4.93. The summed E-state index contributed by atoms with van der Waals surface area (Å²) in [5.41, 5.74) is 0. The number of hydrogen-bond acceptors (Lipinski definition) is 5. The number of aromatic nitrogens is 2. The van der Waals surface area contributed by atoms with E-state index in [-0.39, 0.29) is 0 Å². The van der Waals surface area contributed by atoms with E-state index in [1.165, 1.54) is 26.2 Å². The van der Waals surface area contributed by atoms with Gasteiger partial charge in [-0.1, -0.05) is 12.1 Å². The van der Waals surface area contributed by atoms with Gasteiger partial charge in [-0.3, -0.25) is 4.90 Å². The smallest absolute Gasteiger partial charge is 0.240 e. The maximum atomic E-state index is 5.22. The fraction of sp³-hybridized carbons (Fsp3) is 0.818. The monoisotopic (exact) mass is 222 g/mol. The number of likely N-dealkylation sites (tertiary alicyclic amines) is 1. The van der Waals surface area contributed by atoms with E-state index in [0.29, 0.717) is 0 Å². The number of nitrogens with zero attached hydrogens (tertiary/aromatic N) is 3. The zero-order chi connectivity index (χ0) is 11.0. The zero-order valence-corrected chi connectivity index (χ0v) is 9.65. The third kappa shape index (κ3) is 1.85. The van der Waals surface area contributed by atoms with Crippen LogP contribution in [-0.4, -0.2) is 41.2 Å². The topological polar surface area (TPSA) is 54.2 Å². The third-order valence-electron chi connectivity index (χ3n) is 3.65. The molecule has 0 aliphatic carbocycles. The molecule has 2 fully saturated rings. The molecule has 0 aromatic carbocycles. The Bertz CT molecular complexity index is 353. The standard InChI is InChI=1S/C11H18N4O/c1-2-10-13-11(16-14-10)7-15-5-8-3-12-4-9(8)6-15/h8-9,12H,2-7H2,1H3. The first-order chi connectivity index (χ1) is 7.85. The Morgan fingerprint density at radius 2 is 2.12 bits per heavy atom. The van der Waals surface area contributed by atoms with Gasteiger partial charge in [0.1, 0.15) is 0 Å². The molecule has 5 nitrogen and oxygen atoms in total. The molecule has 2 aliphatic rings. The van der Waals surface area contributed by atoms with E-state index in [1.807, 2.05) is 6.92 Å². The molecule has 0 amide bonds. The summed E-state index contributed by atoms with van der Waals surface area (Å²) in [5.74, 6) is 3.24. The summed E-state index contributed by atoms with van der Waals surface area (Å²) in [4.78, 5) is 6.78. The average molecular weight is 222 g/mol. The molecule has 0 radical (unpaired) electrons. The minimum Gasteiger partial charge on any atom is -0.338 e. The van der Waals surface area contributed by atoms with Crippen LogP contribution in [0.25, 0.3) is 0 Å². The Morgan fingerprint density at radius 3 is 2.75 bits per heavy atom. The van der Waals surface area contributed by atoms with Crippen molar-refractivity contribution < 1.29 is 4.52 Å². The van der Waals surface area contributed by atoms with Crippen molar-refractivity contribution in [3.8, 4) is 0 Å². The van der Waals surface area contributed by atoms with Gasteiger partial charge in [0.2, 0.25) is 5.89 Å². The quantitative estimate of drug-likeness (QED) is 0.796. The molecule has 1 aromatic heterocycles. The van der Waals surface area contributed by atoms with Crippen LogP contribution in [0.15, 0.2) is 4.52 Å². The molecule has 2 saturated heterocycles. The van der Waals surface area contributed by atoms with Crippen LogP contribution in [0.3, 0.4) is 0 Å². The van der Waals surface area contributed by atoms with Crippen LogP contribution in [0.2, 0.25) is 0 Å². The minimum absolute atomic E-state index is 0.768. The van der Waals surface area contributed by atoms with Crippen molar-refractivity contribution in [2.75, 3.05) is 26.2 Å². The van der Waals surface area contributed by atoms with E-state index in [9.17, 15) is 0 Å². The number of nitrogens with one attached hydrogen (secondary N) is 1. The predicted molar refractivity (Wildman–Crippen MR) is 58.8 cm³/mol. The van der Waals surface area contributed by atoms with Crippen molar-refractivity contribution in [2.24, 2.45) is 11.8 Å². The highest BCUT2D eigenvalue weighted by atomic mass is 16.5. The fourth-order valence-corrected chi connectivity index (χ4v) is 2.77. The predicted octanol–water partition coefficient (Wildman–Crippen LogP) is 0.283. The lowest BCUT2D eigenvalue weighted by molar-refractivity contribution is 0.253. The summed E-state index contributed by atoms with van der Waals surface area (Å²) in [6.07, 6.45) is 0.846. The Kier molecular flexibility index (Phi) is 2.65. The number of hydrogen-bond donors (Lipinski definition) is 1. The average Bonchev–Trinajstić information content (AvgIpc) is 2.92. The van der Waals surface area contributed by atoms with E-state index < -0.39 is 0 Å². The normalized spacial score (nSPS) is 29.8. The lowest BCUT2D eigenvalue weighted by Gasteiger charge is -2.13. The summed E-state index contributed by atoms with van der Waals surface area (Å²) in [5, 5.41) is 7.37. The molecule has 1 N–H and O–H groups in total. The Morgan fingerprint density at radius 1 is 1.38 bits per heavy atom. The molecule has 88 valence electrons. The maximum absolute atomic E-state index is 5.22. The van der Waals surface area contributed by atoms with Crippen LogP contribution in [0.5, 0.6) is 0 Å². The van der Waals surface area contributed by atoms with Crippen LogP contribution < -0.4 is 5.32 Å². The minimum atomic E-state index is 0.768. The van der Waals surface area contributed by atoms with Crippen molar-refractivity contribution in [3.05, 3.63) is 11.7 Å². The van der Waals surface area contributed by atoms with E-state index in [0.717, 1.165) is 36.5 Å². The van der Waals surface area contributed by atoms with Crippen molar-refractivity contribution in [3.63, 3.8) is 0 Å². The molecular formula is C11H18N4O. The van der Waals surface area contributed by atoms with Gasteiger partial charge in [-0.15, -0.1) is 0 Å². The van der Waals surface area contributed by atoms with Gasteiger partial charge in [-0.25, -0.2) is 0 Å². The largest absolute Gasteiger partial charge is 0.338 e. The molecule has 3 rings (SSSR count). The van der Waals surface area contributed by atoms with Crippen LogP contribution in [0.1, 0.15) is 18.6 Å². The first kappa shape index (κ1) is 10.2. The maximum Gasteiger partial charge on any atom is 0.240 e. The SMILES string of the molecule is CCc1noc(CN2CC3CNCC3C2)n1. The highest BCUT2D eigenvalue weighted by Gasteiger charge is 2.36. The van der Waals surface area contributed by atoms with E-state index in [4.69, 9.17) is 4.52 Å². The van der Waals surface area contributed by atoms with Crippen molar-refractivity contribution in [1.29, 1.82) is 0 Å². The van der Waals surface area contributed by atoms with Crippen LogP contribution in [0.4, 0.5) is 0 Å². The lowest BCUT2D eigenvalue weighted by Crippen LogP contribution is -2.25. The molecule has 1 aromatic rings. The molecule has 16 heavy (non-hydrogen) atoms. The highest BCUT2D eigenvalue weighted by Crippen LogP contribution is 2.27. The first-order valence-corrected chi connectivity index (χ1v) is 6.09. The molecule has 0 bridgehead atoms. The molecule has 2 unspecified atom stereocenters. The molecule has 3 heterocycles. The first-order valence-electron chi connectivity index (χ1n) is 6.09. The second-order valence-corrected chi connectivity index (χ2v) is 4.83. The summed E-state index contributed by atoms with van der Waals surface area (Å²) < 4.78 is 5.22. The number of fused-ring (bicyclic) bond motifs is 1. The lowest BCUT2D eigenvalue weighted by atomic mass is 10.0. The van der Waals surface area contributed by atoms with Gasteiger partial charge in [0.05, 0.1) is 6.54 Å². The molecule has 0 saturated carbocycles. The van der Waals surface area contributed by atoms with Gasteiger partial charge in [-0.05, 0) is 24.9 Å². The van der Waals surface area contributed by atoms with Crippen molar-refractivity contribution in [1.82, 2.24) is 20.4 Å². The second kappa shape index (κ2) is 4.14. The third-order valence-corrected chi connectivity index (χ3v) is 3.65. The summed E-state index contributed by atoms with van der Waals surface area (Å²) in [6.45, 7) is 7.54. The van der Waals surface area contributed by atoms with E-state index >= 15 is 0 Å². The Balaban J connectivity index is 1.59. The van der Waals surface area contributed by atoms with E-state index in [1.54, 1.807) is 0 Å². The van der Waals surface area contributed by atoms with Crippen LogP contribution >= 0.6 is 0 Å². The zero-order valence-electron chi connectivity index (χ0n) is 9.65.